The lowest BCUT2D eigenvalue weighted by molar-refractivity contribution is -0.120. The molecule has 0 saturated carbocycles. The summed E-state index contributed by atoms with van der Waals surface area (Å²) < 4.78 is 26.4. The van der Waals surface area contributed by atoms with E-state index in [4.69, 9.17) is 10.5 Å². The van der Waals surface area contributed by atoms with Crippen molar-refractivity contribution in [2.24, 2.45) is 5.73 Å². The molecule has 0 fully saturated rings. The van der Waals surface area contributed by atoms with Crippen LogP contribution in [0.3, 0.4) is 0 Å². The van der Waals surface area contributed by atoms with Gasteiger partial charge in [-0.15, -0.1) is 0 Å². The second-order valence-corrected chi connectivity index (χ2v) is 5.85. The van der Waals surface area contributed by atoms with Crippen molar-refractivity contribution in [2.75, 3.05) is 25.7 Å². The maximum atomic E-state index is 11.4. The van der Waals surface area contributed by atoms with E-state index < -0.39 is 15.9 Å². The van der Waals surface area contributed by atoms with E-state index in [0.717, 1.165) is 6.26 Å². The van der Waals surface area contributed by atoms with Crippen molar-refractivity contribution in [3.05, 3.63) is 0 Å². The zero-order chi connectivity index (χ0) is 11.9. The lowest BCUT2D eigenvalue weighted by Crippen LogP contribution is -2.31. The fourth-order valence-corrected chi connectivity index (χ4v) is 1.65. The van der Waals surface area contributed by atoms with Crippen LogP contribution >= 0.6 is 0 Å². The number of nitrogens with two attached hydrogens (primary N) is 1. The Hall–Kier alpha value is -0.460. The Morgan fingerprint density at radius 3 is 2.53 bits per heavy atom. The summed E-state index contributed by atoms with van der Waals surface area (Å²) in [5, 5.41) is 0. The minimum Gasteiger partial charge on any atom is -0.385 e. The number of rotatable bonds is 8. The standard InChI is InChI=1S/C9H19NO4S/c1-14-6-3-4-8(10)9(11)5-7-15(2,12)13/h8H,3-7,10H2,1-2H3. The first-order chi connectivity index (χ1) is 6.87. The molecule has 90 valence electrons. The monoisotopic (exact) mass is 237 g/mol. The Morgan fingerprint density at radius 2 is 2.07 bits per heavy atom. The highest BCUT2D eigenvalue weighted by Crippen LogP contribution is 2.00. The number of sulfone groups is 1. The summed E-state index contributed by atoms with van der Waals surface area (Å²) in [6.45, 7) is 0.563. The van der Waals surface area contributed by atoms with Crippen molar-refractivity contribution in [3.63, 3.8) is 0 Å². The van der Waals surface area contributed by atoms with E-state index in [2.05, 4.69) is 0 Å². The molecule has 0 aliphatic heterocycles. The van der Waals surface area contributed by atoms with Gasteiger partial charge in [-0.1, -0.05) is 0 Å². The highest BCUT2D eigenvalue weighted by atomic mass is 32.2. The first-order valence-corrected chi connectivity index (χ1v) is 6.88. The molecule has 6 heteroatoms. The zero-order valence-electron chi connectivity index (χ0n) is 9.23. The summed E-state index contributed by atoms with van der Waals surface area (Å²) in [5.41, 5.74) is 5.59. The summed E-state index contributed by atoms with van der Waals surface area (Å²) in [4.78, 5) is 11.4. The number of Topliss-reactive ketones (excluding diaryl/α,β-unsaturated/α-hetero) is 1. The van der Waals surface area contributed by atoms with Crippen molar-refractivity contribution >= 4 is 15.6 Å². The summed E-state index contributed by atoms with van der Waals surface area (Å²) in [6.07, 6.45) is 2.36. The van der Waals surface area contributed by atoms with Gasteiger partial charge in [-0.2, -0.15) is 0 Å². The molecule has 1 unspecified atom stereocenters. The minimum absolute atomic E-state index is 0.00693. The van der Waals surface area contributed by atoms with Gasteiger partial charge in [-0.25, -0.2) is 8.42 Å². The smallest absolute Gasteiger partial charge is 0.150 e. The average molecular weight is 237 g/mol. The molecule has 0 aromatic carbocycles. The normalized spacial score (nSPS) is 13.8. The van der Waals surface area contributed by atoms with Gasteiger partial charge in [0.15, 0.2) is 5.78 Å². The fraction of sp³-hybridized carbons (Fsp3) is 0.889. The SMILES string of the molecule is COCCCC(N)C(=O)CCS(C)(=O)=O. The molecule has 0 radical (unpaired) electrons. The van der Waals surface area contributed by atoms with E-state index in [0.29, 0.717) is 19.4 Å². The van der Waals surface area contributed by atoms with Crippen LogP contribution in [0, 0.1) is 0 Å². The number of ether oxygens (including phenoxy) is 1. The molecule has 0 bridgehead atoms. The van der Waals surface area contributed by atoms with Crippen LogP contribution in [0.1, 0.15) is 19.3 Å². The van der Waals surface area contributed by atoms with Gasteiger partial charge in [0.1, 0.15) is 9.84 Å². The second kappa shape index (κ2) is 6.92. The van der Waals surface area contributed by atoms with Crippen molar-refractivity contribution in [3.8, 4) is 0 Å². The Labute approximate surface area is 90.9 Å². The molecule has 15 heavy (non-hydrogen) atoms. The molecule has 0 saturated heterocycles. The third kappa shape index (κ3) is 8.53. The summed E-state index contributed by atoms with van der Waals surface area (Å²) in [6, 6.07) is -0.568. The van der Waals surface area contributed by atoms with E-state index >= 15 is 0 Å². The van der Waals surface area contributed by atoms with Crippen LogP contribution in [0.5, 0.6) is 0 Å². The van der Waals surface area contributed by atoms with E-state index in [1.807, 2.05) is 0 Å². The van der Waals surface area contributed by atoms with Gasteiger partial charge >= 0.3 is 0 Å². The quantitative estimate of drug-likeness (QED) is 0.588. The fourth-order valence-electron chi connectivity index (χ4n) is 1.08. The van der Waals surface area contributed by atoms with Crippen LogP contribution in [-0.4, -0.2) is 46.0 Å². The molecular formula is C9H19NO4S. The van der Waals surface area contributed by atoms with Gasteiger partial charge in [0.05, 0.1) is 11.8 Å². The van der Waals surface area contributed by atoms with E-state index in [1.165, 1.54) is 0 Å². The van der Waals surface area contributed by atoms with Gasteiger partial charge in [-0.05, 0) is 12.8 Å². The van der Waals surface area contributed by atoms with Crippen molar-refractivity contribution in [2.45, 2.75) is 25.3 Å². The maximum Gasteiger partial charge on any atom is 0.150 e. The predicted molar refractivity (Wildman–Crippen MR) is 58.4 cm³/mol. The molecule has 0 spiro atoms. The van der Waals surface area contributed by atoms with Crippen molar-refractivity contribution < 1.29 is 17.9 Å². The number of carbonyl (C=O) groups is 1. The van der Waals surface area contributed by atoms with Crippen LogP contribution in [0.2, 0.25) is 0 Å². The second-order valence-electron chi connectivity index (χ2n) is 3.59. The summed E-state index contributed by atoms with van der Waals surface area (Å²) in [5.74, 6) is -0.319. The number of hydrogen-bond donors (Lipinski definition) is 1. The zero-order valence-corrected chi connectivity index (χ0v) is 10.0. The molecule has 0 amide bonds. The van der Waals surface area contributed by atoms with Crippen LogP contribution < -0.4 is 5.73 Å². The van der Waals surface area contributed by atoms with Crippen LogP contribution in [-0.2, 0) is 19.4 Å². The Morgan fingerprint density at radius 1 is 1.47 bits per heavy atom. The van der Waals surface area contributed by atoms with E-state index in [9.17, 15) is 13.2 Å². The molecule has 0 aromatic rings. The van der Waals surface area contributed by atoms with Crippen LogP contribution in [0.15, 0.2) is 0 Å². The molecule has 2 N–H and O–H groups in total. The van der Waals surface area contributed by atoms with Crippen molar-refractivity contribution in [1.82, 2.24) is 0 Å². The lowest BCUT2D eigenvalue weighted by Gasteiger charge is -2.09. The first-order valence-electron chi connectivity index (χ1n) is 4.82. The molecule has 0 rings (SSSR count). The number of ketones is 1. The average Bonchev–Trinajstić information content (AvgIpc) is 2.13. The number of carbonyl (C=O) groups excluding carboxylic acids is 1. The predicted octanol–water partition coefficient (Wildman–Crippen LogP) is -0.256. The summed E-state index contributed by atoms with van der Waals surface area (Å²) in [7, 11) is -1.50. The van der Waals surface area contributed by atoms with Crippen molar-refractivity contribution in [1.29, 1.82) is 0 Å². The molecule has 1 atom stereocenters. The van der Waals surface area contributed by atoms with Gasteiger partial charge < -0.3 is 10.5 Å². The van der Waals surface area contributed by atoms with Gasteiger partial charge in [0.2, 0.25) is 0 Å². The molecule has 5 nitrogen and oxygen atoms in total. The third-order valence-corrected chi connectivity index (χ3v) is 2.94. The Bertz CT molecular complexity index is 286. The Kier molecular flexibility index (Phi) is 6.71. The number of hydrogen-bond acceptors (Lipinski definition) is 5. The molecule has 0 aliphatic rings. The molecule has 0 aliphatic carbocycles. The topological polar surface area (TPSA) is 86.5 Å². The molecule has 0 aromatic heterocycles. The third-order valence-electron chi connectivity index (χ3n) is 2.00. The van der Waals surface area contributed by atoms with Gasteiger partial charge in [0, 0.05) is 26.4 Å². The molecular weight excluding hydrogens is 218 g/mol. The van der Waals surface area contributed by atoms with Gasteiger partial charge in [-0.3, -0.25) is 4.79 Å². The maximum absolute atomic E-state index is 11.4. The highest BCUT2D eigenvalue weighted by Gasteiger charge is 2.15. The van der Waals surface area contributed by atoms with Crippen LogP contribution in [0.25, 0.3) is 0 Å². The largest absolute Gasteiger partial charge is 0.385 e. The lowest BCUT2D eigenvalue weighted by atomic mass is 10.1. The van der Waals surface area contributed by atoms with E-state index in [1.54, 1.807) is 7.11 Å². The highest BCUT2D eigenvalue weighted by molar-refractivity contribution is 7.90. The Balaban J connectivity index is 3.79. The summed E-state index contributed by atoms with van der Waals surface area (Å²) >= 11 is 0. The minimum atomic E-state index is -3.08. The van der Waals surface area contributed by atoms with Gasteiger partial charge in [0.25, 0.3) is 0 Å². The molecule has 0 heterocycles. The number of methoxy groups -OCH3 is 1. The van der Waals surface area contributed by atoms with Crippen LogP contribution in [0.4, 0.5) is 0 Å². The first kappa shape index (κ1) is 14.5. The van der Waals surface area contributed by atoms with E-state index in [-0.39, 0.29) is 18.0 Å².